The molecule has 1 aromatic rings. The number of amides is 5. The van der Waals surface area contributed by atoms with E-state index in [1.54, 1.807) is 38.1 Å². The van der Waals surface area contributed by atoms with Crippen molar-refractivity contribution in [3.63, 3.8) is 0 Å². The van der Waals surface area contributed by atoms with Crippen LogP contribution < -0.4 is 26.6 Å². The first-order valence-electron chi connectivity index (χ1n) is 13.9. The second-order valence-corrected chi connectivity index (χ2v) is 11.1. The minimum Gasteiger partial charge on any atom is -0.467 e. The lowest BCUT2D eigenvalue weighted by Crippen LogP contribution is -2.59. The van der Waals surface area contributed by atoms with Crippen LogP contribution in [-0.2, 0) is 39.9 Å². The van der Waals surface area contributed by atoms with E-state index in [9.17, 15) is 28.8 Å². The normalized spacial score (nSPS) is 25.4. The predicted molar refractivity (Wildman–Crippen MR) is 151 cm³/mol. The van der Waals surface area contributed by atoms with Gasteiger partial charge in [0.1, 0.15) is 30.2 Å². The van der Waals surface area contributed by atoms with Crippen molar-refractivity contribution in [2.75, 3.05) is 7.11 Å². The topological polar surface area (TPSA) is 172 Å². The van der Waals surface area contributed by atoms with E-state index in [-0.39, 0.29) is 31.1 Å². The Morgan fingerprint density at radius 3 is 2.05 bits per heavy atom. The Morgan fingerprint density at radius 1 is 0.829 bits per heavy atom. The maximum atomic E-state index is 13.5. The minimum absolute atomic E-state index is 0.0401. The van der Waals surface area contributed by atoms with E-state index in [0.29, 0.717) is 6.42 Å². The first-order valence-corrected chi connectivity index (χ1v) is 13.9. The molecule has 1 aromatic carbocycles. The lowest BCUT2D eigenvalue weighted by Gasteiger charge is -2.27. The van der Waals surface area contributed by atoms with Crippen LogP contribution in [0.2, 0.25) is 0 Å². The summed E-state index contributed by atoms with van der Waals surface area (Å²) in [5.41, 5.74) is 0.770. The summed E-state index contributed by atoms with van der Waals surface area (Å²) in [4.78, 5) is 78.3. The molecule has 0 bridgehead atoms. The zero-order valence-corrected chi connectivity index (χ0v) is 24.6. The maximum absolute atomic E-state index is 13.5. The molecule has 41 heavy (non-hydrogen) atoms. The van der Waals surface area contributed by atoms with E-state index in [0.717, 1.165) is 5.56 Å². The standard InChI is InChI=1S/C29H43N5O7/c1-16(2)14-21-26(37)30-18(5)25(36)33-22(15-19-10-8-7-9-11-19)27(38)34-24(17(3)4)28(39)32-20(29(40)41-6)12-13-23(35)31-21/h7-11,16-18,20-22,24H,12-15H2,1-6H3,(H,30,37)(H,31,35)(H,32,39)(H,33,36)(H,34,38)/t18-,20?,21-,22-,24-/m0/s1. The fourth-order valence-corrected chi connectivity index (χ4v) is 4.42. The molecule has 0 aromatic heterocycles. The monoisotopic (exact) mass is 573 g/mol. The number of hydrogen-bond donors (Lipinski definition) is 5. The molecule has 5 N–H and O–H groups in total. The van der Waals surface area contributed by atoms with E-state index in [2.05, 4.69) is 26.6 Å². The van der Waals surface area contributed by atoms with Gasteiger partial charge < -0.3 is 31.3 Å². The first-order chi connectivity index (χ1) is 19.3. The molecule has 1 unspecified atom stereocenters. The molecule has 0 radical (unpaired) electrons. The van der Waals surface area contributed by atoms with Crippen molar-refractivity contribution >= 4 is 35.5 Å². The molecule has 1 aliphatic rings. The molecule has 2 rings (SSSR count). The number of hydrogen-bond acceptors (Lipinski definition) is 7. The first kappa shape index (κ1) is 33.2. The fourth-order valence-electron chi connectivity index (χ4n) is 4.42. The van der Waals surface area contributed by atoms with Crippen molar-refractivity contribution in [1.29, 1.82) is 0 Å². The molecule has 12 heteroatoms. The zero-order valence-electron chi connectivity index (χ0n) is 24.6. The van der Waals surface area contributed by atoms with Gasteiger partial charge in [-0.25, -0.2) is 4.79 Å². The van der Waals surface area contributed by atoms with Gasteiger partial charge in [-0.05, 0) is 37.2 Å². The molecule has 5 amide bonds. The van der Waals surface area contributed by atoms with Crippen molar-refractivity contribution in [3.05, 3.63) is 35.9 Å². The van der Waals surface area contributed by atoms with Crippen LogP contribution in [0.4, 0.5) is 0 Å². The lowest BCUT2D eigenvalue weighted by atomic mass is 10.00. The summed E-state index contributed by atoms with van der Waals surface area (Å²) >= 11 is 0. The molecule has 0 saturated carbocycles. The number of benzene rings is 1. The van der Waals surface area contributed by atoms with Gasteiger partial charge >= 0.3 is 5.97 Å². The molecular formula is C29H43N5O7. The van der Waals surface area contributed by atoms with E-state index in [1.165, 1.54) is 14.0 Å². The van der Waals surface area contributed by atoms with E-state index >= 15 is 0 Å². The number of ether oxygens (including phenoxy) is 1. The Morgan fingerprint density at radius 2 is 1.46 bits per heavy atom. The summed E-state index contributed by atoms with van der Waals surface area (Å²) < 4.78 is 4.83. The summed E-state index contributed by atoms with van der Waals surface area (Å²) in [6.07, 6.45) is 0.155. The third-order valence-electron chi connectivity index (χ3n) is 6.74. The SMILES string of the molecule is COC(=O)C1CCC(=O)N[C@@H](CC(C)C)C(=O)N[C@@H](C)C(=O)N[C@@H](Cc2ccccc2)C(=O)N[C@@H](C(C)C)C(=O)N1. The van der Waals surface area contributed by atoms with Crippen molar-refractivity contribution in [1.82, 2.24) is 26.6 Å². The quantitative estimate of drug-likeness (QED) is 0.305. The van der Waals surface area contributed by atoms with Crippen LogP contribution in [0.15, 0.2) is 30.3 Å². The predicted octanol–water partition coefficient (Wildman–Crippen LogP) is 0.342. The second kappa shape index (κ2) is 15.7. The van der Waals surface area contributed by atoms with Gasteiger partial charge in [0.05, 0.1) is 7.11 Å². The van der Waals surface area contributed by atoms with Crippen LogP contribution in [0.25, 0.3) is 0 Å². The highest BCUT2D eigenvalue weighted by molar-refractivity contribution is 5.96. The number of esters is 1. The van der Waals surface area contributed by atoms with E-state index in [4.69, 9.17) is 4.74 Å². The number of rotatable bonds is 6. The van der Waals surface area contributed by atoms with Gasteiger partial charge in [-0.2, -0.15) is 0 Å². The highest BCUT2D eigenvalue weighted by Gasteiger charge is 2.34. The maximum Gasteiger partial charge on any atom is 0.328 e. The minimum atomic E-state index is -1.16. The summed E-state index contributed by atoms with van der Waals surface area (Å²) in [6, 6.07) is 3.79. The Bertz CT molecular complexity index is 1090. The molecule has 1 heterocycles. The van der Waals surface area contributed by atoms with Crippen molar-refractivity contribution < 1.29 is 33.5 Å². The summed E-state index contributed by atoms with van der Waals surface area (Å²) in [5, 5.41) is 13.3. The third kappa shape index (κ3) is 10.5. The zero-order chi connectivity index (χ0) is 30.7. The van der Waals surface area contributed by atoms with Crippen molar-refractivity contribution in [3.8, 4) is 0 Å². The molecule has 226 valence electrons. The van der Waals surface area contributed by atoms with Crippen LogP contribution in [0.3, 0.4) is 0 Å². The van der Waals surface area contributed by atoms with E-state index < -0.39 is 65.7 Å². The Hall–Kier alpha value is -3.96. The molecule has 5 atom stereocenters. The van der Waals surface area contributed by atoms with Crippen LogP contribution in [0.1, 0.15) is 59.4 Å². The number of carbonyl (C=O) groups is 6. The van der Waals surface area contributed by atoms with Crippen LogP contribution >= 0.6 is 0 Å². The van der Waals surface area contributed by atoms with Gasteiger partial charge in [0.25, 0.3) is 0 Å². The van der Waals surface area contributed by atoms with Crippen molar-refractivity contribution in [2.24, 2.45) is 11.8 Å². The fraction of sp³-hybridized carbons (Fsp3) is 0.586. The smallest absolute Gasteiger partial charge is 0.328 e. The summed E-state index contributed by atoms with van der Waals surface area (Å²) in [5.74, 6) is -4.01. The van der Waals surface area contributed by atoms with Crippen molar-refractivity contribution in [2.45, 2.75) is 90.5 Å². The molecular weight excluding hydrogens is 530 g/mol. The van der Waals surface area contributed by atoms with Crippen LogP contribution in [-0.4, -0.2) is 72.8 Å². The van der Waals surface area contributed by atoms with E-state index in [1.807, 2.05) is 19.9 Å². The highest BCUT2D eigenvalue weighted by Crippen LogP contribution is 2.11. The largest absolute Gasteiger partial charge is 0.467 e. The number of carbonyl (C=O) groups excluding carboxylic acids is 6. The Labute approximate surface area is 241 Å². The van der Waals surface area contributed by atoms with Gasteiger partial charge in [-0.3, -0.25) is 24.0 Å². The summed E-state index contributed by atoms with van der Waals surface area (Å²) in [7, 11) is 1.17. The van der Waals surface area contributed by atoms with Crippen LogP contribution in [0, 0.1) is 11.8 Å². The van der Waals surface area contributed by atoms with Gasteiger partial charge in [-0.15, -0.1) is 0 Å². The number of methoxy groups -OCH3 is 1. The molecule has 0 spiro atoms. The Kier molecular flexibility index (Phi) is 12.8. The molecule has 1 saturated heterocycles. The van der Waals surface area contributed by atoms with Gasteiger partial charge in [0.15, 0.2) is 0 Å². The molecule has 0 aliphatic carbocycles. The average Bonchev–Trinajstić information content (AvgIpc) is 2.91. The van der Waals surface area contributed by atoms with Gasteiger partial charge in [0, 0.05) is 12.8 Å². The third-order valence-corrected chi connectivity index (χ3v) is 6.74. The van der Waals surface area contributed by atoms with Gasteiger partial charge in [0.2, 0.25) is 29.5 Å². The summed E-state index contributed by atoms with van der Waals surface area (Å²) in [6.45, 7) is 8.71. The lowest BCUT2D eigenvalue weighted by molar-refractivity contribution is -0.146. The van der Waals surface area contributed by atoms with Crippen LogP contribution in [0.5, 0.6) is 0 Å². The molecule has 12 nitrogen and oxygen atoms in total. The average molecular weight is 574 g/mol. The molecule has 1 fully saturated rings. The highest BCUT2D eigenvalue weighted by atomic mass is 16.5. The molecule has 1 aliphatic heterocycles. The number of nitrogens with one attached hydrogen (secondary N) is 5. The second-order valence-electron chi connectivity index (χ2n) is 11.1. The Balaban J connectivity index is 2.46. The van der Waals surface area contributed by atoms with Gasteiger partial charge in [-0.1, -0.05) is 58.0 Å².